The summed E-state index contributed by atoms with van der Waals surface area (Å²) in [7, 11) is 0. The van der Waals surface area contributed by atoms with Crippen molar-refractivity contribution >= 4 is 11.3 Å². The Morgan fingerprint density at radius 2 is 2.14 bits per heavy atom. The number of fused-ring (bicyclic) bond motifs is 1. The normalized spacial score (nSPS) is 26.7. The average Bonchev–Trinajstić information content (AvgIpc) is 3.18. The molecule has 2 atom stereocenters. The molecule has 0 bridgehead atoms. The van der Waals surface area contributed by atoms with Crippen LogP contribution < -0.4 is 0 Å². The molecule has 2 aromatic heterocycles. The molecule has 0 N–H and O–H groups in total. The predicted molar refractivity (Wildman–Crippen MR) is 85.2 cm³/mol. The molecule has 0 spiro atoms. The molecule has 21 heavy (non-hydrogen) atoms. The van der Waals surface area contributed by atoms with Crippen LogP contribution in [0.25, 0.3) is 10.6 Å². The fourth-order valence-corrected chi connectivity index (χ4v) is 4.73. The van der Waals surface area contributed by atoms with Crippen molar-refractivity contribution in [2.24, 2.45) is 5.92 Å². The van der Waals surface area contributed by atoms with Gasteiger partial charge in [0.15, 0.2) is 5.76 Å². The Morgan fingerprint density at radius 3 is 3.05 bits per heavy atom. The summed E-state index contributed by atoms with van der Waals surface area (Å²) in [6.45, 7) is 2.18. The van der Waals surface area contributed by atoms with E-state index in [1.807, 2.05) is 0 Å². The van der Waals surface area contributed by atoms with Gasteiger partial charge in [0.1, 0.15) is 0 Å². The quantitative estimate of drug-likeness (QED) is 0.832. The highest BCUT2D eigenvalue weighted by Crippen LogP contribution is 2.36. The zero-order valence-corrected chi connectivity index (χ0v) is 13.1. The molecule has 2 fully saturated rings. The molecule has 112 valence electrons. The SMILES string of the molecule is c1csc(-c2cc(CN3CCC[C@@H]4CCCC[C@H]43)no2)c1. The molecule has 1 saturated carbocycles. The van der Waals surface area contributed by atoms with Crippen LogP contribution in [0, 0.1) is 5.92 Å². The lowest BCUT2D eigenvalue weighted by Crippen LogP contribution is -2.46. The molecule has 0 aromatic carbocycles. The average molecular weight is 302 g/mol. The number of piperidine rings is 1. The summed E-state index contributed by atoms with van der Waals surface area (Å²) in [4.78, 5) is 3.83. The van der Waals surface area contributed by atoms with Gasteiger partial charge < -0.3 is 4.52 Å². The second-order valence-corrected chi connectivity index (χ2v) is 7.33. The number of likely N-dealkylation sites (tertiary alicyclic amines) is 1. The van der Waals surface area contributed by atoms with Crippen LogP contribution in [0.3, 0.4) is 0 Å². The fraction of sp³-hybridized carbons (Fsp3) is 0.588. The fourth-order valence-electron chi connectivity index (χ4n) is 4.05. The summed E-state index contributed by atoms with van der Waals surface area (Å²) in [6.07, 6.45) is 8.41. The van der Waals surface area contributed by atoms with E-state index in [2.05, 4.69) is 33.6 Å². The Hall–Kier alpha value is -1.13. The van der Waals surface area contributed by atoms with Gasteiger partial charge in [0.25, 0.3) is 0 Å². The van der Waals surface area contributed by atoms with Crippen LogP contribution in [-0.2, 0) is 6.54 Å². The van der Waals surface area contributed by atoms with Gasteiger partial charge in [-0.2, -0.15) is 0 Å². The molecule has 0 amide bonds. The molecule has 0 unspecified atom stereocenters. The van der Waals surface area contributed by atoms with Gasteiger partial charge >= 0.3 is 0 Å². The summed E-state index contributed by atoms with van der Waals surface area (Å²) in [5.41, 5.74) is 1.09. The van der Waals surface area contributed by atoms with Gasteiger partial charge in [-0.15, -0.1) is 11.3 Å². The van der Waals surface area contributed by atoms with E-state index in [9.17, 15) is 0 Å². The van der Waals surface area contributed by atoms with E-state index in [1.165, 1.54) is 49.9 Å². The van der Waals surface area contributed by atoms with E-state index in [1.54, 1.807) is 11.3 Å². The van der Waals surface area contributed by atoms with Crippen LogP contribution >= 0.6 is 11.3 Å². The van der Waals surface area contributed by atoms with E-state index < -0.39 is 0 Å². The maximum atomic E-state index is 5.52. The third-order valence-electron chi connectivity index (χ3n) is 5.05. The Kier molecular flexibility index (Phi) is 3.82. The van der Waals surface area contributed by atoms with Gasteiger partial charge in [-0.3, -0.25) is 4.90 Å². The third kappa shape index (κ3) is 2.79. The Morgan fingerprint density at radius 1 is 1.24 bits per heavy atom. The number of hydrogen-bond acceptors (Lipinski definition) is 4. The maximum Gasteiger partial charge on any atom is 0.177 e. The molecule has 1 aliphatic heterocycles. The number of aromatic nitrogens is 1. The lowest BCUT2D eigenvalue weighted by Gasteiger charge is -2.43. The van der Waals surface area contributed by atoms with Gasteiger partial charge in [-0.25, -0.2) is 0 Å². The maximum absolute atomic E-state index is 5.52. The number of thiophene rings is 1. The van der Waals surface area contributed by atoms with Crippen molar-refractivity contribution in [1.82, 2.24) is 10.1 Å². The van der Waals surface area contributed by atoms with Gasteiger partial charge in [-0.1, -0.05) is 24.1 Å². The molecular formula is C17H22N2OS. The highest BCUT2D eigenvalue weighted by molar-refractivity contribution is 7.13. The third-order valence-corrected chi connectivity index (χ3v) is 5.93. The topological polar surface area (TPSA) is 29.3 Å². The lowest BCUT2D eigenvalue weighted by molar-refractivity contribution is 0.0530. The summed E-state index contributed by atoms with van der Waals surface area (Å²) in [5.74, 6) is 1.84. The molecular weight excluding hydrogens is 280 g/mol. The molecule has 3 nitrogen and oxygen atoms in total. The minimum absolute atomic E-state index is 0.786. The summed E-state index contributed by atoms with van der Waals surface area (Å²) >= 11 is 1.71. The Labute approximate surface area is 129 Å². The molecule has 2 aliphatic rings. The first-order valence-electron chi connectivity index (χ1n) is 8.14. The van der Waals surface area contributed by atoms with Crippen LogP contribution in [0.4, 0.5) is 0 Å². The summed E-state index contributed by atoms with van der Waals surface area (Å²) in [6, 6.07) is 7.06. The number of rotatable bonds is 3. The monoisotopic (exact) mass is 302 g/mol. The van der Waals surface area contributed by atoms with Gasteiger partial charge in [0.05, 0.1) is 10.6 Å². The molecule has 1 aliphatic carbocycles. The van der Waals surface area contributed by atoms with Gasteiger partial charge in [-0.05, 0) is 49.6 Å². The largest absolute Gasteiger partial charge is 0.355 e. The van der Waals surface area contributed by atoms with Crippen LogP contribution in [0.2, 0.25) is 0 Å². The molecule has 0 radical (unpaired) electrons. The second kappa shape index (κ2) is 5.93. The van der Waals surface area contributed by atoms with Gasteiger partial charge in [0.2, 0.25) is 0 Å². The van der Waals surface area contributed by atoms with Crippen LogP contribution in [0.15, 0.2) is 28.1 Å². The highest BCUT2D eigenvalue weighted by atomic mass is 32.1. The van der Waals surface area contributed by atoms with E-state index in [4.69, 9.17) is 4.52 Å². The summed E-state index contributed by atoms with van der Waals surface area (Å²) in [5, 5.41) is 6.37. The van der Waals surface area contributed by atoms with Crippen molar-refractivity contribution in [2.45, 2.75) is 51.1 Å². The first kappa shape index (κ1) is 13.5. The van der Waals surface area contributed by atoms with Crippen molar-refractivity contribution < 1.29 is 4.52 Å². The van der Waals surface area contributed by atoms with Crippen molar-refractivity contribution in [1.29, 1.82) is 0 Å². The van der Waals surface area contributed by atoms with Crippen molar-refractivity contribution in [3.05, 3.63) is 29.3 Å². The number of hydrogen-bond donors (Lipinski definition) is 0. The van der Waals surface area contributed by atoms with Gasteiger partial charge in [0, 0.05) is 18.7 Å². The molecule has 2 aromatic rings. The van der Waals surface area contributed by atoms with E-state index in [-0.39, 0.29) is 0 Å². The Bertz CT molecular complexity index is 575. The summed E-state index contributed by atoms with van der Waals surface area (Å²) < 4.78 is 5.52. The Balaban J connectivity index is 1.47. The van der Waals surface area contributed by atoms with Crippen molar-refractivity contribution in [3.63, 3.8) is 0 Å². The van der Waals surface area contributed by atoms with Crippen LogP contribution in [-0.4, -0.2) is 22.6 Å². The molecule has 4 rings (SSSR count). The predicted octanol–water partition coefficient (Wildman–Crippen LogP) is 4.56. The number of nitrogens with zero attached hydrogens (tertiary/aromatic N) is 2. The van der Waals surface area contributed by atoms with E-state index in [0.717, 1.165) is 30.0 Å². The minimum atomic E-state index is 0.786. The first-order valence-corrected chi connectivity index (χ1v) is 9.01. The smallest absolute Gasteiger partial charge is 0.177 e. The van der Waals surface area contributed by atoms with E-state index >= 15 is 0 Å². The van der Waals surface area contributed by atoms with Crippen molar-refractivity contribution in [2.75, 3.05) is 6.54 Å². The van der Waals surface area contributed by atoms with Crippen molar-refractivity contribution in [3.8, 4) is 10.6 Å². The molecule has 1 saturated heterocycles. The lowest BCUT2D eigenvalue weighted by atomic mass is 9.78. The minimum Gasteiger partial charge on any atom is -0.355 e. The van der Waals surface area contributed by atoms with E-state index in [0.29, 0.717) is 0 Å². The highest BCUT2D eigenvalue weighted by Gasteiger charge is 2.33. The second-order valence-electron chi connectivity index (χ2n) is 6.38. The van der Waals surface area contributed by atoms with Crippen LogP contribution in [0.1, 0.15) is 44.2 Å². The molecule has 3 heterocycles. The standard InChI is InChI=1S/C17H22N2OS/c1-2-7-15-13(5-1)6-3-9-19(15)12-14-11-16(20-18-14)17-8-4-10-21-17/h4,8,10-11,13,15H,1-3,5-7,9,12H2/t13-,15+/m0/s1. The first-order chi connectivity index (χ1) is 10.4. The van der Waals surface area contributed by atoms with Crippen LogP contribution in [0.5, 0.6) is 0 Å². The zero-order chi connectivity index (χ0) is 14.1. The zero-order valence-electron chi connectivity index (χ0n) is 12.3. The molecule has 4 heteroatoms.